The van der Waals surface area contributed by atoms with E-state index < -0.39 is 9.05 Å². The summed E-state index contributed by atoms with van der Waals surface area (Å²) < 4.78 is 22.3. The maximum Gasteiger partial charge on any atom is 0.234 e. The first-order valence-electron chi connectivity index (χ1n) is 2.84. The van der Waals surface area contributed by atoms with Crippen molar-refractivity contribution in [1.29, 1.82) is 0 Å². The zero-order valence-corrected chi connectivity index (χ0v) is 7.09. The Kier molecular flexibility index (Phi) is 2.45. The molecule has 0 aliphatic carbocycles. The van der Waals surface area contributed by atoms with Gasteiger partial charge in [-0.1, -0.05) is 5.21 Å². The van der Waals surface area contributed by atoms with Crippen LogP contribution >= 0.6 is 10.7 Å². The van der Waals surface area contributed by atoms with E-state index in [1.165, 1.54) is 10.9 Å². The lowest BCUT2D eigenvalue weighted by Gasteiger charge is -1.94. The summed E-state index contributed by atoms with van der Waals surface area (Å²) in [6.07, 6.45) is 3.04. The molecule has 5 nitrogen and oxygen atoms in total. The van der Waals surface area contributed by atoms with E-state index >= 15 is 0 Å². The minimum atomic E-state index is -3.42. The summed E-state index contributed by atoms with van der Waals surface area (Å²) in [5.41, 5.74) is 0. The maximum absolute atomic E-state index is 10.4. The van der Waals surface area contributed by atoms with Crippen molar-refractivity contribution >= 4 is 19.7 Å². The highest BCUT2D eigenvalue weighted by atomic mass is 35.7. The standard InChI is InChI=1S/C4H6ClN3O2S/c5-11(9,10)4-3-8-2-1-6-7-8/h1-2H,3-4H2. The average Bonchev–Trinajstić information content (AvgIpc) is 2.32. The topological polar surface area (TPSA) is 64.8 Å². The Morgan fingerprint density at radius 2 is 2.27 bits per heavy atom. The molecule has 62 valence electrons. The smallest absolute Gasteiger partial charge is 0.234 e. The van der Waals surface area contributed by atoms with Crippen LogP contribution < -0.4 is 0 Å². The molecule has 1 heterocycles. The normalized spacial score (nSPS) is 11.7. The number of nitrogens with zero attached hydrogens (tertiary/aromatic N) is 3. The number of aromatic nitrogens is 3. The lowest BCUT2D eigenvalue weighted by molar-refractivity contribution is 0.586. The van der Waals surface area contributed by atoms with E-state index in [4.69, 9.17) is 10.7 Å². The summed E-state index contributed by atoms with van der Waals surface area (Å²) in [5, 5.41) is 7.06. The molecule has 0 amide bonds. The molecule has 0 aromatic carbocycles. The number of rotatable bonds is 3. The van der Waals surface area contributed by atoms with Crippen molar-refractivity contribution in [1.82, 2.24) is 15.0 Å². The molecule has 1 rings (SSSR count). The van der Waals surface area contributed by atoms with Gasteiger partial charge >= 0.3 is 0 Å². The molecular weight excluding hydrogens is 190 g/mol. The second-order valence-electron chi connectivity index (χ2n) is 1.91. The van der Waals surface area contributed by atoms with Crippen LogP contribution in [0.2, 0.25) is 0 Å². The van der Waals surface area contributed by atoms with Crippen LogP contribution in [0.15, 0.2) is 12.4 Å². The zero-order valence-electron chi connectivity index (χ0n) is 5.51. The molecule has 0 saturated heterocycles. The Labute approximate surface area is 68.4 Å². The van der Waals surface area contributed by atoms with Crippen LogP contribution in [0, 0.1) is 0 Å². The first-order valence-corrected chi connectivity index (χ1v) is 5.32. The van der Waals surface area contributed by atoms with Crippen molar-refractivity contribution in [2.75, 3.05) is 5.75 Å². The summed E-state index contributed by atoms with van der Waals surface area (Å²) in [4.78, 5) is 0. The van der Waals surface area contributed by atoms with Gasteiger partial charge < -0.3 is 0 Å². The lowest BCUT2D eigenvalue weighted by atomic mass is 10.7. The van der Waals surface area contributed by atoms with E-state index in [0.29, 0.717) is 0 Å². The van der Waals surface area contributed by atoms with Crippen LogP contribution in [0.4, 0.5) is 0 Å². The molecule has 0 saturated carbocycles. The van der Waals surface area contributed by atoms with E-state index in [-0.39, 0.29) is 12.3 Å². The zero-order chi connectivity index (χ0) is 8.32. The third kappa shape index (κ3) is 3.33. The molecule has 1 aromatic heterocycles. The highest BCUT2D eigenvalue weighted by molar-refractivity contribution is 8.13. The first kappa shape index (κ1) is 8.48. The van der Waals surface area contributed by atoms with Crippen LogP contribution in [0.5, 0.6) is 0 Å². The number of hydrogen-bond acceptors (Lipinski definition) is 4. The molecule has 0 N–H and O–H groups in total. The van der Waals surface area contributed by atoms with Gasteiger partial charge in [0.25, 0.3) is 0 Å². The molecular formula is C4H6ClN3O2S. The second-order valence-corrected chi connectivity index (χ2v) is 4.81. The van der Waals surface area contributed by atoms with Crippen LogP contribution in [0.25, 0.3) is 0 Å². The van der Waals surface area contributed by atoms with Crippen molar-refractivity contribution in [2.45, 2.75) is 6.54 Å². The monoisotopic (exact) mass is 195 g/mol. The van der Waals surface area contributed by atoms with Gasteiger partial charge in [0.1, 0.15) is 0 Å². The fourth-order valence-electron chi connectivity index (χ4n) is 0.555. The van der Waals surface area contributed by atoms with Crippen LogP contribution in [0.1, 0.15) is 0 Å². The Balaban J connectivity index is 2.48. The molecule has 0 fully saturated rings. The Bertz CT molecular complexity index is 306. The summed E-state index contributed by atoms with van der Waals surface area (Å²) in [5.74, 6) is -0.127. The van der Waals surface area contributed by atoms with Crippen LogP contribution in [-0.4, -0.2) is 29.2 Å². The van der Waals surface area contributed by atoms with E-state index in [1.54, 1.807) is 6.20 Å². The first-order chi connectivity index (χ1) is 5.08. The van der Waals surface area contributed by atoms with Gasteiger partial charge in [-0.25, -0.2) is 8.42 Å². The third-order valence-corrected chi connectivity index (χ3v) is 2.17. The molecule has 7 heteroatoms. The molecule has 0 aliphatic heterocycles. The number of aryl methyl sites for hydroxylation is 1. The van der Waals surface area contributed by atoms with Gasteiger partial charge in [-0.2, -0.15) is 0 Å². The number of hydrogen-bond donors (Lipinski definition) is 0. The lowest BCUT2D eigenvalue weighted by Crippen LogP contribution is -2.08. The van der Waals surface area contributed by atoms with E-state index in [1.807, 2.05) is 0 Å². The average molecular weight is 196 g/mol. The predicted octanol–water partition coefficient (Wildman–Crippen LogP) is -0.153. The van der Waals surface area contributed by atoms with Crippen molar-refractivity contribution in [3.63, 3.8) is 0 Å². The number of halogens is 1. The molecule has 0 atom stereocenters. The Hall–Kier alpha value is -0.620. The molecule has 0 bridgehead atoms. The molecule has 0 aliphatic rings. The molecule has 0 spiro atoms. The summed E-state index contributed by atoms with van der Waals surface area (Å²) >= 11 is 0. The van der Waals surface area contributed by atoms with Gasteiger partial charge in [-0.15, -0.1) is 5.10 Å². The van der Waals surface area contributed by atoms with Gasteiger partial charge in [-0.05, 0) is 0 Å². The van der Waals surface area contributed by atoms with E-state index in [9.17, 15) is 8.42 Å². The Morgan fingerprint density at radius 1 is 1.55 bits per heavy atom. The minimum absolute atomic E-state index is 0.127. The summed E-state index contributed by atoms with van der Waals surface area (Å²) in [6.45, 7) is 0.242. The molecule has 0 unspecified atom stereocenters. The quantitative estimate of drug-likeness (QED) is 0.629. The van der Waals surface area contributed by atoms with E-state index in [2.05, 4.69) is 10.3 Å². The largest absolute Gasteiger partial charge is 0.252 e. The van der Waals surface area contributed by atoms with Gasteiger partial charge in [0.15, 0.2) is 0 Å². The molecule has 1 aromatic rings. The summed E-state index contributed by atoms with van der Waals surface area (Å²) in [7, 11) is 1.54. The Morgan fingerprint density at radius 3 is 2.73 bits per heavy atom. The van der Waals surface area contributed by atoms with Crippen molar-refractivity contribution in [2.24, 2.45) is 0 Å². The summed E-state index contributed by atoms with van der Waals surface area (Å²) in [6, 6.07) is 0. The minimum Gasteiger partial charge on any atom is -0.252 e. The second kappa shape index (κ2) is 3.19. The van der Waals surface area contributed by atoms with Crippen molar-refractivity contribution < 1.29 is 8.42 Å². The van der Waals surface area contributed by atoms with Crippen LogP contribution in [0.3, 0.4) is 0 Å². The third-order valence-electron chi connectivity index (χ3n) is 1.04. The maximum atomic E-state index is 10.4. The highest BCUT2D eigenvalue weighted by Gasteiger charge is 2.04. The molecule has 0 radical (unpaired) electrons. The van der Waals surface area contributed by atoms with E-state index in [0.717, 1.165) is 0 Å². The van der Waals surface area contributed by atoms with Gasteiger partial charge in [-0.3, -0.25) is 4.68 Å². The van der Waals surface area contributed by atoms with Crippen molar-refractivity contribution in [3.8, 4) is 0 Å². The predicted molar refractivity (Wildman–Crippen MR) is 39.7 cm³/mol. The SMILES string of the molecule is O=S(=O)(Cl)CCn1ccnn1. The van der Waals surface area contributed by atoms with Crippen LogP contribution in [-0.2, 0) is 15.6 Å². The van der Waals surface area contributed by atoms with Gasteiger partial charge in [0.2, 0.25) is 9.05 Å². The van der Waals surface area contributed by atoms with Gasteiger partial charge in [0.05, 0.1) is 18.5 Å². The van der Waals surface area contributed by atoms with Crippen molar-refractivity contribution in [3.05, 3.63) is 12.4 Å². The van der Waals surface area contributed by atoms with Gasteiger partial charge in [0, 0.05) is 16.9 Å². The fourth-order valence-corrected chi connectivity index (χ4v) is 1.17. The fraction of sp³-hybridized carbons (Fsp3) is 0.500. The molecule has 11 heavy (non-hydrogen) atoms. The highest BCUT2D eigenvalue weighted by Crippen LogP contribution is 1.96.